The lowest BCUT2D eigenvalue weighted by molar-refractivity contribution is -0.0249. The summed E-state index contributed by atoms with van der Waals surface area (Å²) in [5.41, 5.74) is 8.02. The van der Waals surface area contributed by atoms with Gasteiger partial charge in [0.05, 0.1) is 18.4 Å². The number of benzene rings is 2. The summed E-state index contributed by atoms with van der Waals surface area (Å²) in [4.78, 5) is 0. The lowest BCUT2D eigenvalue weighted by Crippen LogP contribution is -2.74. The molecule has 0 spiro atoms. The summed E-state index contributed by atoms with van der Waals surface area (Å²) in [7, 11) is -2.53. The first kappa shape index (κ1) is 19.3. The number of aryl methyl sites for hydroxylation is 6. The molecule has 3 rings (SSSR count). The van der Waals surface area contributed by atoms with Crippen LogP contribution in [0, 0.1) is 41.5 Å². The van der Waals surface area contributed by atoms with E-state index < -0.39 is 8.32 Å². The van der Waals surface area contributed by atoms with Gasteiger partial charge in [0.2, 0.25) is 0 Å². The molecule has 2 atom stereocenters. The summed E-state index contributed by atoms with van der Waals surface area (Å²) in [6, 6.07) is 9.18. The predicted molar refractivity (Wildman–Crippen MR) is 112 cm³/mol. The quantitative estimate of drug-likeness (QED) is 0.747. The molecule has 0 saturated carbocycles. The molecule has 1 aliphatic heterocycles. The third-order valence-corrected chi connectivity index (χ3v) is 10.6. The van der Waals surface area contributed by atoms with E-state index in [9.17, 15) is 0 Å². The molecule has 0 unspecified atom stereocenters. The molecule has 140 valence electrons. The van der Waals surface area contributed by atoms with Crippen LogP contribution in [0.4, 0.5) is 0 Å². The highest BCUT2D eigenvalue weighted by molar-refractivity contribution is 6.99. The van der Waals surface area contributed by atoms with E-state index in [4.69, 9.17) is 9.16 Å². The van der Waals surface area contributed by atoms with Crippen molar-refractivity contribution in [3.05, 3.63) is 57.6 Å². The standard InChI is InChI=1S/C23H32O2Si/c1-14-9-16(3)22(17(4)10-14)26(21(8)25-20(7)13-24-26)23-18(5)11-15(2)12-19(23)6/h9-12,20-21H,13H2,1-8H3/t20-,21+/m1/s1. The van der Waals surface area contributed by atoms with Gasteiger partial charge >= 0.3 is 0 Å². The van der Waals surface area contributed by atoms with Crippen molar-refractivity contribution in [1.29, 1.82) is 0 Å². The zero-order valence-electron chi connectivity index (χ0n) is 17.5. The number of hydrogen-bond acceptors (Lipinski definition) is 2. The van der Waals surface area contributed by atoms with Crippen molar-refractivity contribution in [2.24, 2.45) is 0 Å². The number of hydrogen-bond donors (Lipinski definition) is 0. The van der Waals surface area contributed by atoms with E-state index in [1.54, 1.807) is 0 Å². The second-order valence-corrected chi connectivity index (χ2v) is 11.8. The summed E-state index contributed by atoms with van der Waals surface area (Å²) in [5, 5.41) is 2.80. The molecule has 2 aromatic carbocycles. The molecule has 1 heterocycles. The van der Waals surface area contributed by atoms with Crippen LogP contribution in [0.1, 0.15) is 47.2 Å². The van der Waals surface area contributed by atoms with Crippen molar-refractivity contribution >= 4 is 18.7 Å². The Morgan fingerprint density at radius 2 is 1.12 bits per heavy atom. The average molecular weight is 369 g/mol. The lowest BCUT2D eigenvalue weighted by atomic mass is 10.1. The largest absolute Gasteiger partial charge is 0.403 e. The Morgan fingerprint density at radius 3 is 1.46 bits per heavy atom. The smallest absolute Gasteiger partial charge is 0.285 e. The molecule has 0 bridgehead atoms. The topological polar surface area (TPSA) is 18.5 Å². The van der Waals surface area contributed by atoms with Gasteiger partial charge in [0.25, 0.3) is 8.32 Å². The zero-order valence-corrected chi connectivity index (χ0v) is 18.5. The van der Waals surface area contributed by atoms with Crippen LogP contribution in [-0.4, -0.2) is 26.8 Å². The average Bonchev–Trinajstić information content (AvgIpc) is 2.48. The molecule has 1 aliphatic rings. The molecule has 0 amide bonds. The van der Waals surface area contributed by atoms with Gasteiger partial charge in [-0.1, -0.05) is 35.4 Å². The van der Waals surface area contributed by atoms with Gasteiger partial charge in [-0.2, -0.15) is 0 Å². The minimum Gasteiger partial charge on any atom is -0.403 e. The minimum absolute atomic E-state index is 0.0754. The van der Waals surface area contributed by atoms with Gasteiger partial charge in [-0.15, -0.1) is 0 Å². The molecule has 26 heavy (non-hydrogen) atoms. The lowest BCUT2D eigenvalue weighted by Gasteiger charge is -2.45. The Morgan fingerprint density at radius 1 is 0.731 bits per heavy atom. The molecule has 0 aliphatic carbocycles. The first-order valence-corrected chi connectivity index (χ1v) is 11.6. The second-order valence-electron chi connectivity index (χ2n) is 8.18. The van der Waals surface area contributed by atoms with Crippen molar-refractivity contribution in [3.63, 3.8) is 0 Å². The number of rotatable bonds is 2. The van der Waals surface area contributed by atoms with Crippen LogP contribution >= 0.6 is 0 Å². The summed E-state index contributed by atoms with van der Waals surface area (Å²) in [6.45, 7) is 18.3. The maximum atomic E-state index is 6.88. The van der Waals surface area contributed by atoms with Crippen molar-refractivity contribution in [2.75, 3.05) is 6.61 Å². The second kappa shape index (κ2) is 6.95. The molecule has 0 aromatic heterocycles. The van der Waals surface area contributed by atoms with Crippen LogP contribution in [0.25, 0.3) is 0 Å². The molecule has 0 N–H and O–H groups in total. The van der Waals surface area contributed by atoms with E-state index >= 15 is 0 Å². The Hall–Kier alpha value is -1.42. The molecular weight excluding hydrogens is 336 g/mol. The van der Waals surface area contributed by atoms with Crippen LogP contribution in [0.5, 0.6) is 0 Å². The predicted octanol–water partition coefficient (Wildman–Crippen LogP) is 3.96. The Kier molecular flexibility index (Phi) is 5.17. The van der Waals surface area contributed by atoms with E-state index in [1.807, 2.05) is 0 Å². The maximum absolute atomic E-state index is 6.88. The van der Waals surface area contributed by atoms with Crippen molar-refractivity contribution in [3.8, 4) is 0 Å². The Bertz CT molecular complexity index is 737. The summed E-state index contributed by atoms with van der Waals surface area (Å²) >= 11 is 0. The highest BCUT2D eigenvalue weighted by Crippen LogP contribution is 2.27. The molecule has 1 fully saturated rings. The monoisotopic (exact) mass is 368 g/mol. The summed E-state index contributed by atoms with van der Waals surface area (Å²) in [6.07, 6.45) is 0.141. The molecule has 2 aromatic rings. The van der Waals surface area contributed by atoms with E-state index in [2.05, 4.69) is 79.7 Å². The fourth-order valence-corrected chi connectivity index (χ4v) is 10.2. The van der Waals surface area contributed by atoms with Crippen LogP contribution < -0.4 is 10.4 Å². The Balaban J connectivity index is 2.37. The van der Waals surface area contributed by atoms with Crippen molar-refractivity contribution < 1.29 is 9.16 Å². The van der Waals surface area contributed by atoms with Gasteiger partial charge in [0.1, 0.15) is 0 Å². The minimum atomic E-state index is -2.53. The number of ether oxygens (including phenoxy) is 1. The fourth-order valence-electron chi connectivity index (χ4n) is 5.06. The van der Waals surface area contributed by atoms with Gasteiger partial charge in [0.15, 0.2) is 0 Å². The van der Waals surface area contributed by atoms with Crippen LogP contribution in [0.15, 0.2) is 24.3 Å². The van der Waals surface area contributed by atoms with Crippen LogP contribution in [0.2, 0.25) is 0 Å². The molecule has 1 saturated heterocycles. The zero-order chi connectivity index (χ0) is 19.2. The summed E-state index contributed by atoms with van der Waals surface area (Å²) in [5.74, 6) is 0. The normalized spacial score (nSPS) is 22.5. The highest BCUT2D eigenvalue weighted by Gasteiger charge is 2.52. The Labute approximate surface area is 159 Å². The van der Waals surface area contributed by atoms with E-state index in [-0.39, 0.29) is 11.8 Å². The van der Waals surface area contributed by atoms with Gasteiger partial charge in [-0.3, -0.25) is 0 Å². The molecular formula is C23H32O2Si. The van der Waals surface area contributed by atoms with Crippen LogP contribution in [-0.2, 0) is 9.16 Å². The van der Waals surface area contributed by atoms with Crippen LogP contribution in [0.3, 0.4) is 0 Å². The summed E-state index contributed by atoms with van der Waals surface area (Å²) < 4.78 is 13.3. The van der Waals surface area contributed by atoms with E-state index in [0.29, 0.717) is 6.61 Å². The molecule has 0 radical (unpaired) electrons. The van der Waals surface area contributed by atoms with Crippen molar-refractivity contribution in [2.45, 2.75) is 67.2 Å². The maximum Gasteiger partial charge on any atom is 0.285 e. The van der Waals surface area contributed by atoms with Gasteiger partial charge in [-0.25, -0.2) is 0 Å². The first-order chi connectivity index (χ1) is 12.2. The molecule has 2 nitrogen and oxygen atoms in total. The van der Waals surface area contributed by atoms with E-state index in [1.165, 1.54) is 43.8 Å². The SMILES string of the molecule is Cc1cc(C)c([Si]2(c3c(C)cc(C)cc3C)OC[C@@H](C)O[C@@H]2C)c(C)c1. The van der Waals surface area contributed by atoms with Gasteiger partial charge in [-0.05, 0) is 88.0 Å². The van der Waals surface area contributed by atoms with E-state index in [0.717, 1.165) is 0 Å². The molecule has 3 heteroatoms. The van der Waals surface area contributed by atoms with Crippen molar-refractivity contribution in [1.82, 2.24) is 0 Å². The van der Waals surface area contributed by atoms with Gasteiger partial charge in [0, 0.05) is 0 Å². The fraction of sp³-hybridized carbons (Fsp3) is 0.478. The first-order valence-electron chi connectivity index (χ1n) is 9.63. The van der Waals surface area contributed by atoms with Gasteiger partial charge < -0.3 is 9.16 Å². The third kappa shape index (κ3) is 3.06. The third-order valence-electron chi connectivity index (χ3n) is 5.65. The highest BCUT2D eigenvalue weighted by atomic mass is 28.4.